The normalized spacial score (nSPS) is 19.3. The molecule has 0 fully saturated rings. The third-order valence-electron chi connectivity index (χ3n) is 2.54. The zero-order chi connectivity index (χ0) is 11.8. The third kappa shape index (κ3) is 2.33. The molecule has 1 aromatic carbocycles. The summed E-state index contributed by atoms with van der Waals surface area (Å²) in [5.74, 6) is 0.183. The molecule has 16 heavy (non-hydrogen) atoms. The van der Waals surface area contributed by atoms with Crippen LogP contribution in [-0.4, -0.2) is 20.1 Å². The predicted molar refractivity (Wildman–Crippen MR) is 67.8 cm³/mol. The zero-order valence-electron chi connectivity index (χ0n) is 9.36. The number of fused-ring (bicyclic) bond motifs is 1. The number of para-hydroxylation sites is 1. The van der Waals surface area contributed by atoms with Crippen LogP contribution in [0.15, 0.2) is 30.3 Å². The predicted octanol–water partition coefficient (Wildman–Crippen LogP) is 2.50. The van der Waals surface area contributed by atoms with E-state index >= 15 is 0 Å². The summed E-state index contributed by atoms with van der Waals surface area (Å²) in [5, 5.41) is 3.38. The lowest BCUT2D eigenvalue weighted by Crippen LogP contribution is -2.32. The van der Waals surface area contributed by atoms with Crippen LogP contribution in [0.1, 0.15) is 19.4 Å². The molecule has 0 radical (unpaired) electrons. The summed E-state index contributed by atoms with van der Waals surface area (Å²) in [6, 6.07) is 7.86. The monoisotopic (exact) mass is 237 g/mol. The fourth-order valence-corrected chi connectivity index (χ4v) is 2.53. The van der Waals surface area contributed by atoms with Crippen molar-refractivity contribution in [2.24, 2.45) is 0 Å². The quantitative estimate of drug-likeness (QED) is 0.777. The molecule has 86 valence electrons. The third-order valence-corrected chi connectivity index (χ3v) is 3.10. The molecule has 0 bridgehead atoms. The van der Waals surface area contributed by atoms with Gasteiger partial charge in [-0.1, -0.05) is 24.3 Å². The van der Waals surface area contributed by atoms with Crippen LogP contribution in [0.25, 0.3) is 5.57 Å². The Morgan fingerprint density at radius 2 is 2.06 bits per heavy atom. The van der Waals surface area contributed by atoms with Gasteiger partial charge in [0.2, 0.25) is 0 Å². The van der Waals surface area contributed by atoms with Crippen LogP contribution in [0.4, 0.5) is 5.69 Å². The van der Waals surface area contributed by atoms with Gasteiger partial charge in [-0.2, -0.15) is 0 Å². The molecule has 0 amide bonds. The van der Waals surface area contributed by atoms with Crippen LogP contribution >= 0.6 is 0 Å². The lowest BCUT2D eigenvalue weighted by atomic mass is 9.91. The Labute approximate surface area is 97.9 Å². The smallest absolute Gasteiger partial charge is 0.157 e. The fourth-order valence-electron chi connectivity index (χ4n) is 2.02. The van der Waals surface area contributed by atoms with Crippen molar-refractivity contribution < 1.29 is 8.76 Å². The van der Waals surface area contributed by atoms with Crippen molar-refractivity contribution in [3.63, 3.8) is 0 Å². The molecule has 1 aromatic rings. The molecule has 1 atom stereocenters. The van der Waals surface area contributed by atoms with E-state index in [0.29, 0.717) is 0 Å². The molecule has 1 aliphatic heterocycles. The largest absolute Gasteiger partial charge is 0.376 e. The molecular formula is C12H15NO2S. The molecule has 0 aromatic heterocycles. The zero-order valence-corrected chi connectivity index (χ0v) is 10.2. The summed E-state index contributed by atoms with van der Waals surface area (Å²) >= 11 is -1.80. The van der Waals surface area contributed by atoms with Crippen molar-refractivity contribution in [2.45, 2.75) is 19.4 Å². The van der Waals surface area contributed by atoms with Gasteiger partial charge < -0.3 is 9.87 Å². The summed E-state index contributed by atoms with van der Waals surface area (Å²) in [4.78, 5) is 0. The van der Waals surface area contributed by atoms with E-state index in [1.54, 1.807) is 0 Å². The van der Waals surface area contributed by atoms with Crippen LogP contribution < -0.4 is 5.32 Å². The Bertz CT molecular complexity index is 466. The lowest BCUT2D eigenvalue weighted by molar-refractivity contribution is 0.568. The van der Waals surface area contributed by atoms with E-state index < -0.39 is 11.1 Å². The summed E-state index contributed by atoms with van der Waals surface area (Å²) in [6.45, 7) is 4.09. The van der Waals surface area contributed by atoms with Gasteiger partial charge >= 0.3 is 0 Å². The van der Waals surface area contributed by atoms with E-state index in [1.807, 2.05) is 44.2 Å². The Hall–Kier alpha value is -1.13. The highest BCUT2D eigenvalue weighted by Gasteiger charge is 2.24. The topological polar surface area (TPSA) is 49.3 Å². The van der Waals surface area contributed by atoms with E-state index in [4.69, 9.17) is 4.55 Å². The van der Waals surface area contributed by atoms with Gasteiger partial charge in [0.25, 0.3) is 0 Å². The maximum atomic E-state index is 10.9. The number of nitrogens with one attached hydrogen (secondary N) is 1. The van der Waals surface area contributed by atoms with Crippen LogP contribution in [0.3, 0.4) is 0 Å². The Morgan fingerprint density at radius 1 is 1.38 bits per heavy atom. The van der Waals surface area contributed by atoms with E-state index in [0.717, 1.165) is 16.8 Å². The van der Waals surface area contributed by atoms with Gasteiger partial charge in [-0.3, -0.25) is 0 Å². The minimum absolute atomic E-state index is 0.178. The highest BCUT2D eigenvalue weighted by Crippen LogP contribution is 2.33. The fraction of sp³-hybridized carbons (Fsp3) is 0.333. The second-order valence-corrected chi connectivity index (χ2v) is 5.46. The van der Waals surface area contributed by atoms with Crippen LogP contribution in [0, 0.1) is 0 Å². The van der Waals surface area contributed by atoms with Gasteiger partial charge in [0.05, 0.1) is 11.3 Å². The molecule has 0 saturated heterocycles. The Kier molecular flexibility index (Phi) is 2.86. The Balaban J connectivity index is 2.47. The average Bonchev–Trinajstić information content (AvgIpc) is 2.14. The minimum atomic E-state index is -1.80. The van der Waals surface area contributed by atoms with E-state index in [9.17, 15) is 4.21 Å². The van der Waals surface area contributed by atoms with Crippen molar-refractivity contribution in [3.05, 3.63) is 35.9 Å². The number of anilines is 1. The van der Waals surface area contributed by atoms with Crippen molar-refractivity contribution >= 4 is 22.3 Å². The molecule has 2 N–H and O–H groups in total. The van der Waals surface area contributed by atoms with Crippen molar-refractivity contribution in [3.8, 4) is 0 Å². The maximum absolute atomic E-state index is 10.9. The highest BCUT2D eigenvalue weighted by atomic mass is 32.2. The van der Waals surface area contributed by atoms with E-state index in [-0.39, 0.29) is 11.3 Å². The molecule has 4 heteroatoms. The molecule has 0 aliphatic carbocycles. The van der Waals surface area contributed by atoms with Gasteiger partial charge in [0.15, 0.2) is 11.1 Å². The van der Waals surface area contributed by atoms with Gasteiger partial charge in [-0.25, -0.2) is 4.21 Å². The number of hydrogen-bond acceptors (Lipinski definition) is 2. The van der Waals surface area contributed by atoms with E-state index in [2.05, 4.69) is 5.32 Å². The molecule has 3 nitrogen and oxygen atoms in total. The minimum Gasteiger partial charge on any atom is -0.376 e. The van der Waals surface area contributed by atoms with E-state index in [1.165, 1.54) is 0 Å². The van der Waals surface area contributed by atoms with Crippen LogP contribution in [-0.2, 0) is 11.1 Å². The summed E-state index contributed by atoms with van der Waals surface area (Å²) in [7, 11) is 0. The first-order valence-electron chi connectivity index (χ1n) is 5.15. The first kappa shape index (κ1) is 11.4. The van der Waals surface area contributed by atoms with Gasteiger partial charge in [0.1, 0.15) is 0 Å². The van der Waals surface area contributed by atoms with Crippen molar-refractivity contribution in [1.29, 1.82) is 0 Å². The first-order chi connectivity index (χ1) is 7.48. The van der Waals surface area contributed by atoms with Crippen LogP contribution in [0.5, 0.6) is 0 Å². The second kappa shape index (κ2) is 4.03. The molecule has 2 rings (SSSR count). The summed E-state index contributed by atoms with van der Waals surface area (Å²) in [5.41, 5.74) is 2.79. The van der Waals surface area contributed by atoms with Gasteiger partial charge in [0, 0.05) is 11.3 Å². The molecular weight excluding hydrogens is 222 g/mol. The number of hydrogen-bond donors (Lipinski definition) is 2. The first-order valence-corrected chi connectivity index (χ1v) is 6.42. The molecule has 1 aliphatic rings. The maximum Gasteiger partial charge on any atom is 0.157 e. The SMILES string of the molecule is CC1(C)C=C(CS(=O)O)c2ccccc2N1. The number of benzene rings is 1. The highest BCUT2D eigenvalue weighted by molar-refractivity contribution is 7.79. The summed E-state index contributed by atoms with van der Waals surface area (Å²) < 4.78 is 19.9. The standard InChI is InChI=1S/C12H15NO2S/c1-12(2)7-9(8-16(14)15)10-5-3-4-6-11(10)13-12/h3-7,13H,8H2,1-2H3,(H,14,15). The molecule has 0 saturated carbocycles. The van der Waals surface area contributed by atoms with Gasteiger partial charge in [-0.05, 0) is 25.5 Å². The van der Waals surface area contributed by atoms with Crippen molar-refractivity contribution in [2.75, 3.05) is 11.1 Å². The average molecular weight is 237 g/mol. The second-order valence-electron chi connectivity index (χ2n) is 4.53. The van der Waals surface area contributed by atoms with Crippen molar-refractivity contribution in [1.82, 2.24) is 0 Å². The number of rotatable bonds is 2. The lowest BCUT2D eigenvalue weighted by Gasteiger charge is -2.31. The Morgan fingerprint density at radius 3 is 2.75 bits per heavy atom. The molecule has 0 spiro atoms. The molecule has 1 heterocycles. The summed E-state index contributed by atoms with van der Waals surface area (Å²) in [6.07, 6.45) is 2.02. The van der Waals surface area contributed by atoms with Crippen LogP contribution in [0.2, 0.25) is 0 Å². The van der Waals surface area contributed by atoms with Gasteiger partial charge in [-0.15, -0.1) is 0 Å². The molecule has 1 unspecified atom stereocenters.